The van der Waals surface area contributed by atoms with Crippen LogP contribution in [0.4, 0.5) is 4.79 Å². The molecule has 0 unspecified atom stereocenters. The van der Waals surface area contributed by atoms with Crippen LogP contribution in [0.15, 0.2) is 27.8 Å². The summed E-state index contributed by atoms with van der Waals surface area (Å²) in [6.07, 6.45) is 1.13. The lowest BCUT2D eigenvalue weighted by molar-refractivity contribution is 0.0186. The Morgan fingerprint density at radius 1 is 1.26 bits per heavy atom. The third kappa shape index (κ3) is 7.65. The second kappa shape index (κ2) is 10.4. The molecule has 0 saturated carbocycles. The summed E-state index contributed by atoms with van der Waals surface area (Å²) < 4.78 is 10.4. The molecule has 1 saturated heterocycles. The molecule has 0 atom stereocenters. The molecule has 1 aliphatic rings. The lowest BCUT2D eigenvalue weighted by Gasteiger charge is -2.36. The highest BCUT2D eigenvalue weighted by Gasteiger charge is 2.26. The zero-order valence-electron chi connectivity index (χ0n) is 15.9. The first-order chi connectivity index (χ1) is 12.3. The van der Waals surface area contributed by atoms with Gasteiger partial charge in [0.15, 0.2) is 11.7 Å². The zero-order chi connectivity index (χ0) is 19.2. The fourth-order valence-electron chi connectivity index (χ4n) is 2.38. The normalized spacial score (nSPS) is 15.1. The van der Waals surface area contributed by atoms with Gasteiger partial charge in [-0.2, -0.15) is 0 Å². The molecule has 152 valence electrons. The first kappa shape index (κ1) is 23.1. The van der Waals surface area contributed by atoms with Crippen LogP contribution in [0.25, 0.3) is 0 Å². The number of carbonyl (C=O) groups excluding carboxylic acids is 2. The highest BCUT2D eigenvalue weighted by Crippen LogP contribution is 2.11. The van der Waals surface area contributed by atoms with Gasteiger partial charge in [-0.3, -0.25) is 9.79 Å². The van der Waals surface area contributed by atoms with Crippen LogP contribution < -0.4 is 11.1 Å². The van der Waals surface area contributed by atoms with Crippen LogP contribution >= 0.6 is 24.0 Å². The minimum atomic E-state index is -0.505. The Bertz CT molecular complexity index is 634. The van der Waals surface area contributed by atoms with E-state index in [4.69, 9.17) is 14.9 Å². The van der Waals surface area contributed by atoms with E-state index in [0.29, 0.717) is 45.2 Å². The highest BCUT2D eigenvalue weighted by atomic mass is 127. The molecule has 3 N–H and O–H groups in total. The lowest BCUT2D eigenvalue weighted by Crippen LogP contribution is -2.53. The second-order valence-corrected chi connectivity index (χ2v) is 6.93. The Hall–Kier alpha value is -1.98. The fraction of sp³-hybridized carbons (Fsp3) is 0.588. The van der Waals surface area contributed by atoms with Crippen LogP contribution in [0.3, 0.4) is 0 Å². The van der Waals surface area contributed by atoms with Crippen LogP contribution in [0.5, 0.6) is 0 Å². The predicted octanol–water partition coefficient (Wildman–Crippen LogP) is 1.49. The van der Waals surface area contributed by atoms with Crippen LogP contribution in [-0.4, -0.2) is 72.6 Å². The number of nitrogens with zero attached hydrogens (tertiary/aromatic N) is 3. The summed E-state index contributed by atoms with van der Waals surface area (Å²) in [6, 6.07) is 3.25. The molecule has 2 heterocycles. The maximum Gasteiger partial charge on any atom is 0.410 e. The van der Waals surface area contributed by atoms with Crippen LogP contribution in [-0.2, 0) is 4.74 Å². The number of halogens is 1. The minimum Gasteiger partial charge on any atom is -0.459 e. The molecule has 1 fully saturated rings. The maximum atomic E-state index is 12.0. The van der Waals surface area contributed by atoms with Gasteiger partial charge in [-0.15, -0.1) is 24.0 Å². The second-order valence-electron chi connectivity index (χ2n) is 6.93. The van der Waals surface area contributed by atoms with Gasteiger partial charge in [-0.1, -0.05) is 0 Å². The van der Waals surface area contributed by atoms with Crippen molar-refractivity contribution in [2.75, 3.05) is 39.3 Å². The van der Waals surface area contributed by atoms with E-state index in [2.05, 4.69) is 10.3 Å². The number of aliphatic imine (C=N–C) groups is 1. The molecule has 0 bridgehead atoms. The van der Waals surface area contributed by atoms with E-state index in [9.17, 15) is 9.59 Å². The zero-order valence-corrected chi connectivity index (χ0v) is 18.3. The van der Waals surface area contributed by atoms with Gasteiger partial charge >= 0.3 is 6.09 Å². The Morgan fingerprint density at radius 3 is 2.44 bits per heavy atom. The number of nitrogens with one attached hydrogen (secondary N) is 1. The van der Waals surface area contributed by atoms with Crippen LogP contribution in [0.1, 0.15) is 31.3 Å². The number of amides is 2. The Labute approximate surface area is 176 Å². The van der Waals surface area contributed by atoms with Gasteiger partial charge in [0.2, 0.25) is 0 Å². The first-order valence-corrected chi connectivity index (χ1v) is 8.61. The lowest BCUT2D eigenvalue weighted by atomic mass is 10.2. The number of ether oxygens (including phenoxy) is 1. The number of rotatable bonds is 4. The molecular weight excluding hydrogens is 465 g/mol. The molecule has 1 aliphatic heterocycles. The molecule has 2 amide bonds. The summed E-state index contributed by atoms with van der Waals surface area (Å²) in [4.78, 5) is 31.6. The number of carbonyl (C=O) groups is 2. The van der Waals surface area contributed by atoms with Crippen molar-refractivity contribution >= 4 is 41.9 Å². The van der Waals surface area contributed by atoms with Gasteiger partial charge in [-0.05, 0) is 32.9 Å². The average Bonchev–Trinajstić information content (AvgIpc) is 3.11. The molecule has 0 aromatic carbocycles. The molecule has 10 heteroatoms. The Balaban J connectivity index is 0.00000364. The molecule has 0 radical (unpaired) electrons. The number of furan rings is 1. The fourth-order valence-corrected chi connectivity index (χ4v) is 2.38. The van der Waals surface area contributed by atoms with Gasteiger partial charge < -0.3 is 30.0 Å². The third-order valence-corrected chi connectivity index (χ3v) is 3.67. The quantitative estimate of drug-likeness (QED) is 0.285. The van der Waals surface area contributed by atoms with Gasteiger partial charge in [0.1, 0.15) is 5.60 Å². The van der Waals surface area contributed by atoms with E-state index in [1.807, 2.05) is 25.7 Å². The predicted molar refractivity (Wildman–Crippen MR) is 112 cm³/mol. The maximum absolute atomic E-state index is 12.0. The van der Waals surface area contributed by atoms with E-state index in [-0.39, 0.29) is 41.7 Å². The summed E-state index contributed by atoms with van der Waals surface area (Å²) in [7, 11) is 0. The molecular formula is C17H28IN5O4. The van der Waals surface area contributed by atoms with E-state index >= 15 is 0 Å². The van der Waals surface area contributed by atoms with E-state index in [1.165, 1.54) is 6.26 Å². The van der Waals surface area contributed by atoms with Gasteiger partial charge in [0, 0.05) is 32.7 Å². The van der Waals surface area contributed by atoms with Crippen molar-refractivity contribution in [1.82, 2.24) is 15.1 Å². The monoisotopic (exact) mass is 493 g/mol. The van der Waals surface area contributed by atoms with Crippen LogP contribution in [0, 0.1) is 0 Å². The van der Waals surface area contributed by atoms with Crippen molar-refractivity contribution in [2.24, 2.45) is 10.7 Å². The van der Waals surface area contributed by atoms with Gasteiger partial charge in [-0.25, -0.2) is 4.79 Å². The van der Waals surface area contributed by atoms with Crippen molar-refractivity contribution < 1.29 is 18.7 Å². The van der Waals surface area contributed by atoms with Crippen molar-refractivity contribution in [3.05, 3.63) is 24.2 Å². The largest absolute Gasteiger partial charge is 0.459 e. The number of guanidine groups is 1. The van der Waals surface area contributed by atoms with Gasteiger partial charge in [0.05, 0.1) is 12.8 Å². The van der Waals surface area contributed by atoms with E-state index < -0.39 is 5.60 Å². The molecule has 2 rings (SSSR count). The molecule has 9 nitrogen and oxygen atoms in total. The molecule has 0 aliphatic carbocycles. The number of piperazine rings is 1. The standard InChI is InChI=1S/C17H27N5O4.HI/c1-17(2,3)26-16(24)22-10-8-21(9-11-22)15(18)20-7-6-19-14(23)13-5-4-12-25-13;/h4-5,12H,6-11H2,1-3H3,(H2,18,20)(H,19,23);1H. The van der Waals surface area contributed by atoms with Crippen molar-refractivity contribution in [2.45, 2.75) is 26.4 Å². The SMILES string of the molecule is CC(C)(C)OC(=O)N1CCN(C(N)=NCCNC(=O)c2ccco2)CC1.I. The summed E-state index contributed by atoms with van der Waals surface area (Å²) in [5.41, 5.74) is 5.49. The highest BCUT2D eigenvalue weighted by molar-refractivity contribution is 14.0. The van der Waals surface area contributed by atoms with E-state index in [1.54, 1.807) is 17.0 Å². The number of hydrogen-bond donors (Lipinski definition) is 2. The van der Waals surface area contributed by atoms with Crippen molar-refractivity contribution in [3.8, 4) is 0 Å². The van der Waals surface area contributed by atoms with Crippen LogP contribution in [0.2, 0.25) is 0 Å². The van der Waals surface area contributed by atoms with Crippen molar-refractivity contribution in [3.63, 3.8) is 0 Å². The van der Waals surface area contributed by atoms with Crippen molar-refractivity contribution in [1.29, 1.82) is 0 Å². The Kier molecular flexibility index (Phi) is 8.86. The minimum absolute atomic E-state index is 0. The average molecular weight is 493 g/mol. The summed E-state index contributed by atoms with van der Waals surface area (Å²) >= 11 is 0. The third-order valence-electron chi connectivity index (χ3n) is 3.67. The molecule has 27 heavy (non-hydrogen) atoms. The Morgan fingerprint density at radius 2 is 1.89 bits per heavy atom. The first-order valence-electron chi connectivity index (χ1n) is 8.61. The van der Waals surface area contributed by atoms with Gasteiger partial charge in [0.25, 0.3) is 5.91 Å². The topological polar surface area (TPSA) is 113 Å². The molecule has 0 spiro atoms. The number of nitrogens with two attached hydrogens (primary N) is 1. The summed E-state index contributed by atoms with van der Waals surface area (Å²) in [5.74, 6) is 0.385. The number of hydrogen-bond acceptors (Lipinski definition) is 5. The summed E-state index contributed by atoms with van der Waals surface area (Å²) in [6.45, 7) is 8.49. The molecule has 1 aromatic heterocycles. The van der Waals surface area contributed by atoms with E-state index in [0.717, 1.165) is 0 Å². The summed E-state index contributed by atoms with van der Waals surface area (Å²) in [5, 5.41) is 2.70. The molecule has 1 aromatic rings. The smallest absolute Gasteiger partial charge is 0.410 e.